The second kappa shape index (κ2) is 7.59. The van der Waals surface area contributed by atoms with Crippen LogP contribution in [-0.4, -0.2) is 39.9 Å². The molecule has 2 heterocycles. The van der Waals surface area contributed by atoms with Crippen molar-refractivity contribution in [3.63, 3.8) is 0 Å². The summed E-state index contributed by atoms with van der Waals surface area (Å²) in [6, 6.07) is 6.50. The highest BCUT2D eigenvalue weighted by Gasteiger charge is 2.29. The Kier molecular flexibility index (Phi) is 5.26. The number of nitrogens with zero attached hydrogens (tertiary/aromatic N) is 3. The van der Waals surface area contributed by atoms with E-state index in [1.807, 2.05) is 18.0 Å². The zero-order valence-electron chi connectivity index (χ0n) is 14.6. The Morgan fingerprint density at radius 3 is 2.80 bits per heavy atom. The third-order valence-electron chi connectivity index (χ3n) is 4.50. The molecule has 0 radical (unpaired) electrons. The van der Waals surface area contributed by atoms with Crippen LogP contribution in [0, 0.1) is 12.7 Å². The maximum absolute atomic E-state index is 13.0. The van der Waals surface area contributed by atoms with Crippen molar-refractivity contribution in [2.75, 3.05) is 18.4 Å². The van der Waals surface area contributed by atoms with Crippen molar-refractivity contribution >= 4 is 11.7 Å². The van der Waals surface area contributed by atoms with Crippen molar-refractivity contribution < 1.29 is 9.18 Å². The van der Waals surface area contributed by atoms with Gasteiger partial charge in [-0.1, -0.05) is 19.1 Å². The van der Waals surface area contributed by atoms with Crippen LogP contribution in [0.4, 0.5) is 10.2 Å². The fourth-order valence-electron chi connectivity index (χ4n) is 3.07. The van der Waals surface area contributed by atoms with Crippen molar-refractivity contribution in [1.29, 1.82) is 0 Å². The Bertz CT molecular complexity index is 748. The molecule has 3 rings (SSSR count). The molecule has 1 aromatic carbocycles. The molecule has 1 atom stereocenters. The molecule has 0 aliphatic carbocycles. The lowest BCUT2D eigenvalue weighted by Crippen LogP contribution is -2.30. The van der Waals surface area contributed by atoms with Crippen molar-refractivity contribution in [2.45, 2.75) is 39.2 Å². The van der Waals surface area contributed by atoms with E-state index < -0.39 is 0 Å². The van der Waals surface area contributed by atoms with Gasteiger partial charge in [-0.05, 0) is 37.5 Å². The van der Waals surface area contributed by atoms with Gasteiger partial charge in [-0.25, -0.2) is 14.4 Å². The number of anilines is 1. The third kappa shape index (κ3) is 4.32. The number of benzene rings is 1. The normalized spacial score (nSPS) is 17.2. The quantitative estimate of drug-likeness (QED) is 0.877. The maximum atomic E-state index is 13.0. The molecule has 0 spiro atoms. The van der Waals surface area contributed by atoms with Crippen LogP contribution < -0.4 is 5.32 Å². The first-order chi connectivity index (χ1) is 12.0. The van der Waals surface area contributed by atoms with Crippen molar-refractivity contribution in [1.82, 2.24) is 14.9 Å². The van der Waals surface area contributed by atoms with E-state index in [1.165, 1.54) is 12.1 Å². The molecule has 1 aliphatic heterocycles. The second-order valence-corrected chi connectivity index (χ2v) is 6.41. The number of carbonyl (C=O) groups excluding carboxylic acids is 1. The lowest BCUT2D eigenvalue weighted by atomic mass is 10.1. The van der Waals surface area contributed by atoms with Crippen molar-refractivity contribution in [3.05, 3.63) is 53.2 Å². The van der Waals surface area contributed by atoms with Gasteiger partial charge in [0, 0.05) is 31.3 Å². The van der Waals surface area contributed by atoms with Gasteiger partial charge in [-0.2, -0.15) is 0 Å². The van der Waals surface area contributed by atoms with E-state index in [9.17, 15) is 9.18 Å². The third-order valence-corrected chi connectivity index (χ3v) is 4.50. The number of aryl methyl sites for hydroxylation is 2. The van der Waals surface area contributed by atoms with E-state index >= 15 is 0 Å². The Balaban J connectivity index is 1.59. The van der Waals surface area contributed by atoms with E-state index in [0.29, 0.717) is 19.5 Å². The first-order valence-electron chi connectivity index (χ1n) is 8.66. The van der Waals surface area contributed by atoms with Crippen LogP contribution in [0.2, 0.25) is 0 Å². The van der Waals surface area contributed by atoms with Gasteiger partial charge in [0.05, 0.1) is 6.04 Å². The molecule has 25 heavy (non-hydrogen) atoms. The molecule has 2 aromatic rings. The number of hydrogen-bond acceptors (Lipinski definition) is 4. The maximum Gasteiger partial charge on any atom is 0.224 e. The Morgan fingerprint density at radius 1 is 1.32 bits per heavy atom. The van der Waals surface area contributed by atoms with E-state index in [4.69, 9.17) is 0 Å². The number of carbonyl (C=O) groups is 1. The molecule has 1 aromatic heterocycles. The van der Waals surface area contributed by atoms with Crippen LogP contribution in [0.3, 0.4) is 0 Å². The van der Waals surface area contributed by atoms with Crippen LogP contribution in [0.15, 0.2) is 30.5 Å². The number of hydrogen-bond donors (Lipinski definition) is 1. The number of likely N-dealkylation sites (tertiary alicyclic amines) is 1. The number of rotatable bonds is 6. The molecular weight excluding hydrogens is 319 g/mol. The molecule has 132 valence electrons. The molecule has 0 saturated carbocycles. The smallest absolute Gasteiger partial charge is 0.224 e. The fourth-order valence-corrected chi connectivity index (χ4v) is 3.07. The van der Waals surface area contributed by atoms with Gasteiger partial charge < -0.3 is 10.2 Å². The average Bonchev–Trinajstić information content (AvgIpc) is 2.94. The molecule has 0 bridgehead atoms. The number of amides is 1. The van der Waals surface area contributed by atoms with Gasteiger partial charge >= 0.3 is 0 Å². The summed E-state index contributed by atoms with van der Waals surface area (Å²) in [5.74, 6) is 1.45. The van der Waals surface area contributed by atoms with Gasteiger partial charge in [-0.15, -0.1) is 0 Å². The lowest BCUT2D eigenvalue weighted by molar-refractivity contribution is -0.127. The molecule has 1 aliphatic rings. The zero-order chi connectivity index (χ0) is 17.8. The summed E-state index contributed by atoms with van der Waals surface area (Å²) in [5, 5.41) is 3.40. The minimum Gasteiger partial charge on any atom is -0.365 e. The molecule has 1 fully saturated rings. The predicted molar refractivity (Wildman–Crippen MR) is 94.9 cm³/mol. The summed E-state index contributed by atoms with van der Waals surface area (Å²) in [6.45, 7) is 5.23. The van der Waals surface area contributed by atoms with E-state index in [0.717, 1.165) is 35.6 Å². The van der Waals surface area contributed by atoms with Crippen LogP contribution in [0.25, 0.3) is 0 Å². The SMILES string of the molecule is CCc1cnc(C)nc1N[C@H]1CC(=O)N(CCc2ccc(F)cc2)C1. The molecular formula is C19H23FN4O. The molecule has 1 amide bonds. The molecule has 6 heteroatoms. The second-order valence-electron chi connectivity index (χ2n) is 6.41. The number of aromatic nitrogens is 2. The highest BCUT2D eigenvalue weighted by molar-refractivity contribution is 5.80. The van der Waals surface area contributed by atoms with Gasteiger partial charge in [0.25, 0.3) is 0 Å². The summed E-state index contributed by atoms with van der Waals surface area (Å²) >= 11 is 0. The van der Waals surface area contributed by atoms with Crippen molar-refractivity contribution in [3.8, 4) is 0 Å². The monoisotopic (exact) mass is 342 g/mol. The lowest BCUT2D eigenvalue weighted by Gasteiger charge is -2.18. The standard InChI is InChI=1S/C19H23FN4O/c1-3-15-11-21-13(2)22-19(15)23-17-10-18(25)24(12-17)9-8-14-4-6-16(20)7-5-14/h4-7,11,17H,3,8-10,12H2,1-2H3,(H,21,22,23)/t17-/m0/s1. The predicted octanol–water partition coefficient (Wildman–Crippen LogP) is 2.74. The largest absolute Gasteiger partial charge is 0.365 e. The number of nitrogens with one attached hydrogen (secondary N) is 1. The van der Waals surface area contributed by atoms with Crippen LogP contribution in [-0.2, 0) is 17.6 Å². The first kappa shape index (κ1) is 17.3. The molecule has 0 unspecified atom stereocenters. The molecule has 5 nitrogen and oxygen atoms in total. The summed E-state index contributed by atoms with van der Waals surface area (Å²) in [4.78, 5) is 22.8. The minimum absolute atomic E-state index is 0.0558. The van der Waals surface area contributed by atoms with E-state index in [-0.39, 0.29) is 17.8 Å². The Labute approximate surface area is 147 Å². The fraction of sp³-hybridized carbons (Fsp3) is 0.421. The molecule has 1 N–H and O–H groups in total. The highest BCUT2D eigenvalue weighted by Crippen LogP contribution is 2.19. The van der Waals surface area contributed by atoms with Gasteiger partial charge in [-0.3, -0.25) is 4.79 Å². The summed E-state index contributed by atoms with van der Waals surface area (Å²) in [7, 11) is 0. The Morgan fingerprint density at radius 2 is 2.08 bits per heavy atom. The van der Waals surface area contributed by atoms with Gasteiger partial charge in [0.1, 0.15) is 17.5 Å². The van der Waals surface area contributed by atoms with Crippen LogP contribution in [0.1, 0.15) is 30.3 Å². The molecule has 1 saturated heterocycles. The first-order valence-corrected chi connectivity index (χ1v) is 8.66. The van der Waals surface area contributed by atoms with Crippen LogP contribution in [0.5, 0.6) is 0 Å². The van der Waals surface area contributed by atoms with Crippen LogP contribution >= 0.6 is 0 Å². The summed E-state index contributed by atoms with van der Waals surface area (Å²) in [6.07, 6.45) is 3.88. The summed E-state index contributed by atoms with van der Waals surface area (Å²) in [5.41, 5.74) is 2.09. The van der Waals surface area contributed by atoms with E-state index in [2.05, 4.69) is 22.2 Å². The highest BCUT2D eigenvalue weighted by atomic mass is 19.1. The zero-order valence-corrected chi connectivity index (χ0v) is 14.6. The average molecular weight is 342 g/mol. The van der Waals surface area contributed by atoms with Gasteiger partial charge in [0.2, 0.25) is 5.91 Å². The topological polar surface area (TPSA) is 58.1 Å². The summed E-state index contributed by atoms with van der Waals surface area (Å²) < 4.78 is 13.0. The minimum atomic E-state index is -0.239. The van der Waals surface area contributed by atoms with E-state index in [1.54, 1.807) is 12.1 Å². The van der Waals surface area contributed by atoms with Gasteiger partial charge in [0.15, 0.2) is 0 Å². The number of halogens is 1. The Hall–Kier alpha value is -2.50. The van der Waals surface area contributed by atoms with Crippen molar-refractivity contribution in [2.24, 2.45) is 0 Å².